The average Bonchev–Trinajstić information content (AvgIpc) is 2.27. The first-order chi connectivity index (χ1) is 8.09. The summed E-state index contributed by atoms with van der Waals surface area (Å²) in [5, 5.41) is 0. The number of aryl methyl sites for hydroxylation is 4. The number of ether oxygens (including phenoxy) is 1. The van der Waals surface area contributed by atoms with Gasteiger partial charge >= 0.3 is 0 Å². The molecule has 88 valence electrons. The zero-order valence-electron chi connectivity index (χ0n) is 10.9. The minimum absolute atomic E-state index is 0.977. The summed E-state index contributed by atoms with van der Waals surface area (Å²) in [4.78, 5) is 0. The Hall–Kier alpha value is -1.76. The molecule has 0 fully saturated rings. The van der Waals surface area contributed by atoms with Gasteiger partial charge in [0.05, 0.1) is 0 Å². The van der Waals surface area contributed by atoms with Crippen LogP contribution in [0.4, 0.5) is 0 Å². The van der Waals surface area contributed by atoms with E-state index in [0.29, 0.717) is 0 Å². The third kappa shape index (κ3) is 2.33. The Morgan fingerprint density at radius 2 is 0.882 bits per heavy atom. The summed E-state index contributed by atoms with van der Waals surface area (Å²) in [6, 6.07) is 12.4. The van der Waals surface area contributed by atoms with Gasteiger partial charge in [-0.2, -0.15) is 0 Å². The zero-order chi connectivity index (χ0) is 12.4. The lowest BCUT2D eigenvalue weighted by atomic mass is 10.1. The van der Waals surface area contributed by atoms with Crippen LogP contribution in [0.25, 0.3) is 0 Å². The van der Waals surface area contributed by atoms with Crippen LogP contribution in [0.15, 0.2) is 36.4 Å². The number of rotatable bonds is 2. The van der Waals surface area contributed by atoms with Crippen LogP contribution in [0, 0.1) is 27.7 Å². The highest BCUT2D eigenvalue weighted by Crippen LogP contribution is 2.32. The zero-order valence-corrected chi connectivity index (χ0v) is 10.9. The highest BCUT2D eigenvalue weighted by molar-refractivity contribution is 5.47. The second-order valence-corrected chi connectivity index (χ2v) is 4.54. The van der Waals surface area contributed by atoms with E-state index in [2.05, 4.69) is 64.1 Å². The summed E-state index contributed by atoms with van der Waals surface area (Å²) in [5.41, 5.74) is 4.70. The molecule has 0 spiro atoms. The van der Waals surface area contributed by atoms with Crippen LogP contribution < -0.4 is 4.74 Å². The molecular weight excluding hydrogens is 208 g/mol. The molecule has 0 heterocycles. The van der Waals surface area contributed by atoms with E-state index in [-0.39, 0.29) is 0 Å². The lowest BCUT2D eigenvalue weighted by Crippen LogP contribution is -1.94. The Morgan fingerprint density at radius 1 is 0.588 bits per heavy atom. The lowest BCUT2D eigenvalue weighted by Gasteiger charge is -2.15. The van der Waals surface area contributed by atoms with Gasteiger partial charge < -0.3 is 4.74 Å². The summed E-state index contributed by atoms with van der Waals surface area (Å²) in [5.74, 6) is 1.95. The quantitative estimate of drug-likeness (QED) is 0.720. The highest BCUT2D eigenvalue weighted by atomic mass is 16.5. The topological polar surface area (TPSA) is 9.23 Å². The Morgan fingerprint density at radius 3 is 1.18 bits per heavy atom. The third-order valence-electron chi connectivity index (χ3n) is 3.02. The van der Waals surface area contributed by atoms with Crippen molar-refractivity contribution in [3.8, 4) is 11.5 Å². The van der Waals surface area contributed by atoms with Crippen LogP contribution in [0.1, 0.15) is 22.3 Å². The maximum absolute atomic E-state index is 6.10. The highest BCUT2D eigenvalue weighted by Gasteiger charge is 2.08. The van der Waals surface area contributed by atoms with Crippen LogP contribution in [0.2, 0.25) is 0 Å². The number of para-hydroxylation sites is 2. The van der Waals surface area contributed by atoms with Gasteiger partial charge in [0.25, 0.3) is 0 Å². The van der Waals surface area contributed by atoms with Gasteiger partial charge in [0.1, 0.15) is 11.5 Å². The molecule has 1 heteroatoms. The fraction of sp³-hybridized carbons (Fsp3) is 0.250. The van der Waals surface area contributed by atoms with Gasteiger partial charge in [-0.15, -0.1) is 0 Å². The van der Waals surface area contributed by atoms with E-state index < -0.39 is 0 Å². The van der Waals surface area contributed by atoms with E-state index in [0.717, 1.165) is 11.5 Å². The third-order valence-corrected chi connectivity index (χ3v) is 3.02. The molecule has 0 aliphatic carbocycles. The number of benzene rings is 2. The van der Waals surface area contributed by atoms with E-state index in [4.69, 9.17) is 4.74 Å². The fourth-order valence-corrected chi connectivity index (χ4v) is 2.02. The fourth-order valence-electron chi connectivity index (χ4n) is 2.02. The van der Waals surface area contributed by atoms with Gasteiger partial charge in [0.2, 0.25) is 0 Å². The van der Waals surface area contributed by atoms with Crippen molar-refractivity contribution < 1.29 is 4.74 Å². The Balaban J connectivity index is 2.45. The maximum Gasteiger partial charge on any atom is 0.133 e. The molecule has 0 aliphatic rings. The van der Waals surface area contributed by atoms with Gasteiger partial charge in [0, 0.05) is 0 Å². The summed E-state index contributed by atoms with van der Waals surface area (Å²) in [7, 11) is 0. The molecule has 1 nitrogen and oxygen atoms in total. The van der Waals surface area contributed by atoms with Gasteiger partial charge in [-0.3, -0.25) is 0 Å². The Kier molecular flexibility index (Phi) is 3.19. The number of hydrogen-bond donors (Lipinski definition) is 0. The van der Waals surface area contributed by atoms with Crippen molar-refractivity contribution in [3.05, 3.63) is 58.7 Å². The average molecular weight is 226 g/mol. The monoisotopic (exact) mass is 226 g/mol. The van der Waals surface area contributed by atoms with Gasteiger partial charge in [-0.05, 0) is 49.9 Å². The van der Waals surface area contributed by atoms with E-state index in [1.165, 1.54) is 22.3 Å². The second-order valence-electron chi connectivity index (χ2n) is 4.54. The number of hydrogen-bond acceptors (Lipinski definition) is 1. The molecule has 0 N–H and O–H groups in total. The largest absolute Gasteiger partial charge is 0.456 e. The van der Waals surface area contributed by atoms with Crippen molar-refractivity contribution >= 4 is 0 Å². The van der Waals surface area contributed by atoms with Crippen LogP contribution >= 0.6 is 0 Å². The summed E-state index contributed by atoms with van der Waals surface area (Å²) in [6.45, 7) is 8.32. The van der Waals surface area contributed by atoms with Crippen molar-refractivity contribution in [1.82, 2.24) is 0 Å². The molecule has 2 aromatic carbocycles. The van der Waals surface area contributed by atoms with Crippen LogP contribution in [0.3, 0.4) is 0 Å². The van der Waals surface area contributed by atoms with Crippen molar-refractivity contribution in [2.45, 2.75) is 27.7 Å². The van der Waals surface area contributed by atoms with E-state index in [9.17, 15) is 0 Å². The van der Waals surface area contributed by atoms with Crippen molar-refractivity contribution in [3.63, 3.8) is 0 Å². The first-order valence-electron chi connectivity index (χ1n) is 5.90. The maximum atomic E-state index is 6.10. The molecule has 2 aromatic rings. The Labute approximate surface area is 103 Å². The van der Waals surface area contributed by atoms with Crippen molar-refractivity contribution in [2.24, 2.45) is 0 Å². The van der Waals surface area contributed by atoms with Crippen LogP contribution in [0.5, 0.6) is 11.5 Å². The minimum Gasteiger partial charge on any atom is -0.456 e. The molecule has 2 rings (SSSR count). The van der Waals surface area contributed by atoms with E-state index >= 15 is 0 Å². The molecule has 0 saturated carbocycles. The summed E-state index contributed by atoms with van der Waals surface area (Å²) >= 11 is 0. The predicted molar refractivity (Wildman–Crippen MR) is 71.9 cm³/mol. The molecule has 17 heavy (non-hydrogen) atoms. The minimum atomic E-state index is 0.977. The van der Waals surface area contributed by atoms with E-state index in [1.807, 2.05) is 0 Å². The van der Waals surface area contributed by atoms with Gasteiger partial charge in [-0.25, -0.2) is 0 Å². The van der Waals surface area contributed by atoms with Crippen molar-refractivity contribution in [1.29, 1.82) is 0 Å². The molecule has 0 amide bonds. The van der Waals surface area contributed by atoms with Crippen LogP contribution in [-0.2, 0) is 0 Å². The normalized spacial score (nSPS) is 10.4. The molecule has 0 bridgehead atoms. The van der Waals surface area contributed by atoms with Gasteiger partial charge in [-0.1, -0.05) is 36.4 Å². The lowest BCUT2D eigenvalue weighted by molar-refractivity contribution is 0.468. The SMILES string of the molecule is Cc1cccc(C)c1Oc1c(C)cccc1C. The predicted octanol–water partition coefficient (Wildman–Crippen LogP) is 4.71. The molecular formula is C16H18O. The molecule has 0 radical (unpaired) electrons. The Bertz CT molecular complexity index is 451. The molecule has 0 atom stereocenters. The molecule has 0 aliphatic heterocycles. The van der Waals surface area contributed by atoms with E-state index in [1.54, 1.807) is 0 Å². The van der Waals surface area contributed by atoms with Crippen molar-refractivity contribution in [2.75, 3.05) is 0 Å². The molecule has 0 unspecified atom stereocenters. The van der Waals surface area contributed by atoms with Crippen LogP contribution in [-0.4, -0.2) is 0 Å². The first kappa shape index (κ1) is 11.7. The van der Waals surface area contributed by atoms with Gasteiger partial charge in [0.15, 0.2) is 0 Å². The molecule has 0 saturated heterocycles. The second kappa shape index (κ2) is 4.62. The standard InChI is InChI=1S/C16H18O/c1-11-7-5-8-12(2)15(11)17-16-13(3)9-6-10-14(16)4/h5-10H,1-4H3. The summed E-state index contributed by atoms with van der Waals surface area (Å²) in [6.07, 6.45) is 0. The first-order valence-corrected chi connectivity index (χ1v) is 5.90. The molecule has 0 aromatic heterocycles. The smallest absolute Gasteiger partial charge is 0.133 e. The summed E-state index contributed by atoms with van der Waals surface area (Å²) < 4.78 is 6.10.